The van der Waals surface area contributed by atoms with E-state index in [0.29, 0.717) is 12.2 Å². The van der Waals surface area contributed by atoms with Gasteiger partial charge in [-0.2, -0.15) is 0 Å². The van der Waals surface area contributed by atoms with Crippen molar-refractivity contribution in [2.75, 3.05) is 0 Å². The first-order valence-corrected chi connectivity index (χ1v) is 7.61. The second-order valence-electron chi connectivity index (χ2n) is 5.24. The molecule has 110 valence electrons. The summed E-state index contributed by atoms with van der Waals surface area (Å²) >= 11 is 0. The topological polar surface area (TPSA) is 26.3 Å². The number of esters is 1. The van der Waals surface area contributed by atoms with Gasteiger partial charge >= 0.3 is 5.97 Å². The lowest BCUT2D eigenvalue weighted by molar-refractivity contribution is -0.133. The van der Waals surface area contributed by atoms with Crippen LogP contribution in [0.5, 0.6) is 5.75 Å². The molecule has 21 heavy (non-hydrogen) atoms. The Kier molecular flexibility index (Phi) is 6.01. The van der Waals surface area contributed by atoms with Crippen molar-refractivity contribution < 1.29 is 9.53 Å². The van der Waals surface area contributed by atoms with E-state index >= 15 is 0 Å². The maximum Gasteiger partial charge on any atom is 0.315 e. The van der Waals surface area contributed by atoms with Crippen molar-refractivity contribution in [1.82, 2.24) is 0 Å². The fourth-order valence-electron chi connectivity index (χ4n) is 2.23. The number of benzene rings is 2. The number of aryl methyl sites for hydroxylation is 1. The molecule has 2 aromatic rings. The average molecular weight is 282 g/mol. The molecule has 0 amide bonds. The fourth-order valence-corrected chi connectivity index (χ4v) is 2.23. The summed E-state index contributed by atoms with van der Waals surface area (Å²) in [6.07, 6.45) is 5.16. The number of para-hydroxylation sites is 1. The molecular formula is C19H22O2. The monoisotopic (exact) mass is 282 g/mol. The summed E-state index contributed by atoms with van der Waals surface area (Å²) in [5.41, 5.74) is 2.33. The van der Waals surface area contributed by atoms with Crippen LogP contribution in [0.25, 0.3) is 0 Å². The van der Waals surface area contributed by atoms with Crippen molar-refractivity contribution in [3.8, 4) is 5.75 Å². The highest BCUT2D eigenvalue weighted by Crippen LogP contribution is 2.12. The van der Waals surface area contributed by atoms with Crippen molar-refractivity contribution in [2.45, 2.75) is 39.0 Å². The summed E-state index contributed by atoms with van der Waals surface area (Å²) in [6.45, 7) is 2.21. The summed E-state index contributed by atoms with van der Waals surface area (Å²) in [5, 5.41) is 0. The van der Waals surface area contributed by atoms with Gasteiger partial charge in [-0.1, -0.05) is 62.2 Å². The lowest BCUT2D eigenvalue weighted by atomic mass is 10.0. The Hall–Kier alpha value is -2.09. The van der Waals surface area contributed by atoms with E-state index in [2.05, 4.69) is 19.1 Å². The Labute approximate surface area is 126 Å². The number of carbonyl (C=O) groups excluding carboxylic acids is 1. The van der Waals surface area contributed by atoms with Gasteiger partial charge in [-0.05, 0) is 36.1 Å². The van der Waals surface area contributed by atoms with Gasteiger partial charge in [0.2, 0.25) is 0 Å². The summed E-state index contributed by atoms with van der Waals surface area (Å²) in [6, 6.07) is 17.4. The first kappa shape index (κ1) is 15.3. The number of ether oxygens (including phenoxy) is 1. The van der Waals surface area contributed by atoms with Crippen molar-refractivity contribution in [3.05, 3.63) is 65.7 Å². The minimum absolute atomic E-state index is 0.222. The largest absolute Gasteiger partial charge is 0.426 e. The maximum atomic E-state index is 11.9. The molecule has 0 radical (unpaired) electrons. The normalized spacial score (nSPS) is 10.3. The maximum absolute atomic E-state index is 11.9. The zero-order chi connectivity index (χ0) is 14.9. The van der Waals surface area contributed by atoms with E-state index in [1.165, 1.54) is 24.8 Å². The van der Waals surface area contributed by atoms with Crippen LogP contribution in [-0.2, 0) is 17.6 Å². The molecule has 0 spiro atoms. The van der Waals surface area contributed by atoms with E-state index < -0.39 is 0 Å². The van der Waals surface area contributed by atoms with Crippen molar-refractivity contribution >= 4 is 5.97 Å². The van der Waals surface area contributed by atoms with Crippen LogP contribution in [0.1, 0.15) is 37.3 Å². The van der Waals surface area contributed by atoms with Crippen molar-refractivity contribution in [3.63, 3.8) is 0 Å². The number of carbonyl (C=O) groups is 1. The third-order valence-electron chi connectivity index (χ3n) is 3.42. The zero-order valence-corrected chi connectivity index (χ0v) is 12.5. The molecule has 0 unspecified atom stereocenters. The quantitative estimate of drug-likeness (QED) is 0.422. The first-order valence-electron chi connectivity index (χ1n) is 7.61. The summed E-state index contributed by atoms with van der Waals surface area (Å²) in [7, 11) is 0. The van der Waals surface area contributed by atoms with Crippen LogP contribution in [0.3, 0.4) is 0 Å². The third kappa shape index (κ3) is 5.42. The van der Waals surface area contributed by atoms with Crippen LogP contribution < -0.4 is 4.74 Å². The molecular weight excluding hydrogens is 260 g/mol. The van der Waals surface area contributed by atoms with Crippen LogP contribution in [0.2, 0.25) is 0 Å². The van der Waals surface area contributed by atoms with Gasteiger partial charge in [0.05, 0.1) is 6.42 Å². The van der Waals surface area contributed by atoms with E-state index in [0.717, 1.165) is 12.0 Å². The second-order valence-corrected chi connectivity index (χ2v) is 5.24. The third-order valence-corrected chi connectivity index (χ3v) is 3.42. The van der Waals surface area contributed by atoms with Gasteiger partial charge in [0.1, 0.15) is 5.75 Å². The lowest BCUT2D eigenvalue weighted by Crippen LogP contribution is -2.11. The lowest BCUT2D eigenvalue weighted by Gasteiger charge is -2.05. The molecule has 0 aliphatic heterocycles. The van der Waals surface area contributed by atoms with Crippen LogP contribution in [-0.4, -0.2) is 5.97 Å². The fraction of sp³-hybridized carbons (Fsp3) is 0.316. The van der Waals surface area contributed by atoms with Crippen molar-refractivity contribution in [2.24, 2.45) is 0 Å². The minimum atomic E-state index is -0.222. The molecule has 0 aliphatic rings. The van der Waals surface area contributed by atoms with Gasteiger partial charge in [-0.25, -0.2) is 0 Å². The van der Waals surface area contributed by atoms with Crippen LogP contribution >= 0.6 is 0 Å². The average Bonchev–Trinajstić information content (AvgIpc) is 2.50. The number of rotatable bonds is 7. The highest BCUT2D eigenvalue weighted by molar-refractivity contribution is 5.75. The molecule has 2 heteroatoms. The Balaban J connectivity index is 1.83. The van der Waals surface area contributed by atoms with Gasteiger partial charge in [0, 0.05) is 0 Å². The number of hydrogen-bond donors (Lipinski definition) is 0. The Morgan fingerprint density at radius 1 is 0.905 bits per heavy atom. The SMILES string of the molecule is CCCCCc1ccc(CC(=O)Oc2ccccc2)cc1. The molecule has 0 aromatic heterocycles. The van der Waals surface area contributed by atoms with Crippen LogP contribution in [0.4, 0.5) is 0 Å². The van der Waals surface area contributed by atoms with E-state index in [4.69, 9.17) is 4.74 Å². The van der Waals surface area contributed by atoms with Gasteiger partial charge in [0.25, 0.3) is 0 Å². The van der Waals surface area contributed by atoms with Crippen LogP contribution in [0.15, 0.2) is 54.6 Å². The van der Waals surface area contributed by atoms with E-state index in [1.54, 1.807) is 12.1 Å². The van der Waals surface area contributed by atoms with E-state index in [1.807, 2.05) is 30.3 Å². The molecule has 0 saturated heterocycles. The van der Waals surface area contributed by atoms with Gasteiger partial charge < -0.3 is 4.74 Å². The number of hydrogen-bond acceptors (Lipinski definition) is 2. The van der Waals surface area contributed by atoms with Gasteiger partial charge in [0.15, 0.2) is 0 Å². The molecule has 0 bridgehead atoms. The Morgan fingerprint density at radius 2 is 1.57 bits per heavy atom. The Bertz CT molecular complexity index is 544. The van der Waals surface area contributed by atoms with E-state index in [9.17, 15) is 4.79 Å². The van der Waals surface area contributed by atoms with E-state index in [-0.39, 0.29) is 5.97 Å². The molecule has 0 aliphatic carbocycles. The highest BCUT2D eigenvalue weighted by atomic mass is 16.5. The molecule has 0 heterocycles. The zero-order valence-electron chi connectivity index (χ0n) is 12.5. The van der Waals surface area contributed by atoms with Crippen LogP contribution in [0, 0.1) is 0 Å². The first-order chi connectivity index (χ1) is 10.3. The second kappa shape index (κ2) is 8.25. The summed E-state index contributed by atoms with van der Waals surface area (Å²) < 4.78 is 5.29. The smallest absolute Gasteiger partial charge is 0.315 e. The summed E-state index contributed by atoms with van der Waals surface area (Å²) in [4.78, 5) is 11.9. The molecule has 2 rings (SSSR count). The minimum Gasteiger partial charge on any atom is -0.426 e. The molecule has 0 N–H and O–H groups in total. The predicted molar refractivity (Wildman–Crippen MR) is 85.5 cm³/mol. The molecule has 0 fully saturated rings. The predicted octanol–water partition coefficient (Wildman–Crippen LogP) is 4.57. The standard InChI is InChI=1S/C19H22O2/c1-2-3-5-8-16-11-13-17(14-12-16)15-19(20)21-18-9-6-4-7-10-18/h4,6-7,9-14H,2-3,5,8,15H2,1H3. The van der Waals surface area contributed by atoms with Gasteiger partial charge in [-0.15, -0.1) is 0 Å². The van der Waals surface area contributed by atoms with Crippen molar-refractivity contribution in [1.29, 1.82) is 0 Å². The molecule has 0 saturated carbocycles. The Morgan fingerprint density at radius 3 is 2.24 bits per heavy atom. The highest BCUT2D eigenvalue weighted by Gasteiger charge is 2.06. The van der Waals surface area contributed by atoms with Gasteiger partial charge in [-0.3, -0.25) is 4.79 Å². The summed E-state index contributed by atoms with van der Waals surface area (Å²) in [5.74, 6) is 0.374. The molecule has 2 aromatic carbocycles. The number of unbranched alkanes of at least 4 members (excludes halogenated alkanes) is 2. The molecule has 2 nitrogen and oxygen atoms in total. The molecule has 0 atom stereocenters.